The van der Waals surface area contributed by atoms with E-state index in [1.54, 1.807) is 0 Å². The standard InChI is InChI=1S/C16H34/c1-5-15(6-2)13-11-9-10-12-14-16(7-3)8-4/h15-16H,5-14H2,1-4H3. The second-order valence-corrected chi connectivity index (χ2v) is 5.36. The Bertz CT molecular complexity index is 104. The highest BCUT2D eigenvalue weighted by molar-refractivity contribution is 4.57. The minimum atomic E-state index is 0.999. The minimum absolute atomic E-state index is 0.999. The van der Waals surface area contributed by atoms with Crippen LogP contribution in [0.5, 0.6) is 0 Å². The second-order valence-electron chi connectivity index (χ2n) is 5.36. The van der Waals surface area contributed by atoms with Crippen LogP contribution in [0.25, 0.3) is 0 Å². The molecule has 98 valence electrons. The van der Waals surface area contributed by atoms with Gasteiger partial charge in [0, 0.05) is 0 Å². The predicted molar refractivity (Wildman–Crippen MR) is 75.8 cm³/mol. The van der Waals surface area contributed by atoms with Crippen LogP contribution in [0.3, 0.4) is 0 Å². The smallest absolute Gasteiger partial charge is 0.0420 e. The molecule has 0 saturated heterocycles. The molecule has 0 unspecified atom stereocenters. The topological polar surface area (TPSA) is 0 Å². The molecule has 0 bridgehead atoms. The third-order valence-corrected chi connectivity index (χ3v) is 4.28. The van der Waals surface area contributed by atoms with Crippen LogP contribution in [0.2, 0.25) is 0 Å². The average Bonchev–Trinajstić information content (AvgIpc) is 2.33. The molecule has 0 N–H and O–H groups in total. The average molecular weight is 226 g/mol. The van der Waals surface area contributed by atoms with Gasteiger partial charge in [-0.3, -0.25) is 0 Å². The molecule has 0 heterocycles. The van der Waals surface area contributed by atoms with Gasteiger partial charge in [-0.05, 0) is 11.8 Å². The molecule has 0 radical (unpaired) electrons. The summed E-state index contributed by atoms with van der Waals surface area (Å²) in [6, 6.07) is 0. The van der Waals surface area contributed by atoms with E-state index in [4.69, 9.17) is 0 Å². The van der Waals surface area contributed by atoms with E-state index in [1.807, 2.05) is 0 Å². The van der Waals surface area contributed by atoms with Crippen LogP contribution >= 0.6 is 0 Å². The van der Waals surface area contributed by atoms with E-state index in [2.05, 4.69) is 27.7 Å². The Morgan fingerprint density at radius 2 is 0.812 bits per heavy atom. The number of hydrogen-bond donors (Lipinski definition) is 0. The zero-order valence-electron chi connectivity index (χ0n) is 12.2. The van der Waals surface area contributed by atoms with E-state index in [1.165, 1.54) is 64.2 Å². The first-order valence-corrected chi connectivity index (χ1v) is 7.78. The fraction of sp³-hybridized carbons (Fsp3) is 1.00. The molecule has 0 aromatic carbocycles. The van der Waals surface area contributed by atoms with Crippen molar-refractivity contribution in [3.8, 4) is 0 Å². The van der Waals surface area contributed by atoms with Crippen molar-refractivity contribution in [1.29, 1.82) is 0 Å². The van der Waals surface area contributed by atoms with Gasteiger partial charge in [0.15, 0.2) is 0 Å². The van der Waals surface area contributed by atoms with Gasteiger partial charge < -0.3 is 0 Å². The Labute approximate surface area is 104 Å². The molecular weight excluding hydrogens is 192 g/mol. The molecule has 0 amide bonds. The van der Waals surface area contributed by atoms with Crippen LogP contribution in [0.15, 0.2) is 0 Å². The van der Waals surface area contributed by atoms with E-state index in [0.29, 0.717) is 0 Å². The van der Waals surface area contributed by atoms with E-state index < -0.39 is 0 Å². The van der Waals surface area contributed by atoms with Crippen molar-refractivity contribution in [1.82, 2.24) is 0 Å². The van der Waals surface area contributed by atoms with E-state index in [0.717, 1.165) is 11.8 Å². The Hall–Kier alpha value is 0. The quantitative estimate of drug-likeness (QED) is 0.368. The molecule has 0 saturated carbocycles. The van der Waals surface area contributed by atoms with Gasteiger partial charge >= 0.3 is 0 Å². The third-order valence-electron chi connectivity index (χ3n) is 4.28. The summed E-state index contributed by atoms with van der Waals surface area (Å²) < 4.78 is 0. The maximum Gasteiger partial charge on any atom is -0.0420 e. The van der Waals surface area contributed by atoms with Crippen molar-refractivity contribution in [2.75, 3.05) is 0 Å². The molecule has 0 nitrogen and oxygen atoms in total. The Balaban J connectivity index is 3.26. The van der Waals surface area contributed by atoms with Crippen LogP contribution in [0, 0.1) is 11.8 Å². The van der Waals surface area contributed by atoms with Crippen molar-refractivity contribution in [3.05, 3.63) is 0 Å². The fourth-order valence-electron chi connectivity index (χ4n) is 2.61. The lowest BCUT2D eigenvalue weighted by molar-refractivity contribution is 0.406. The van der Waals surface area contributed by atoms with Crippen molar-refractivity contribution in [2.45, 2.75) is 91.9 Å². The molecule has 0 spiro atoms. The predicted octanol–water partition coefficient (Wildman–Crippen LogP) is 6.20. The van der Waals surface area contributed by atoms with Crippen LogP contribution < -0.4 is 0 Å². The third kappa shape index (κ3) is 8.19. The van der Waals surface area contributed by atoms with Crippen molar-refractivity contribution in [2.24, 2.45) is 11.8 Å². The summed E-state index contributed by atoms with van der Waals surface area (Å²) in [6.07, 6.45) is 14.3. The zero-order valence-corrected chi connectivity index (χ0v) is 12.2. The maximum absolute atomic E-state index is 2.33. The van der Waals surface area contributed by atoms with Crippen molar-refractivity contribution in [3.63, 3.8) is 0 Å². The van der Waals surface area contributed by atoms with Gasteiger partial charge in [-0.2, -0.15) is 0 Å². The largest absolute Gasteiger partial charge is 0.0651 e. The van der Waals surface area contributed by atoms with Crippen LogP contribution in [0.1, 0.15) is 91.9 Å². The highest BCUT2D eigenvalue weighted by Gasteiger charge is 2.04. The second kappa shape index (κ2) is 11.5. The van der Waals surface area contributed by atoms with Gasteiger partial charge in [-0.1, -0.05) is 91.9 Å². The number of rotatable bonds is 11. The first kappa shape index (κ1) is 16.0. The zero-order chi connectivity index (χ0) is 12.2. The molecule has 0 aromatic heterocycles. The van der Waals surface area contributed by atoms with Gasteiger partial charge in [0.05, 0.1) is 0 Å². The lowest BCUT2D eigenvalue weighted by atomic mass is 9.93. The SMILES string of the molecule is CCC(CC)CCCCCCC(CC)CC. The fourth-order valence-corrected chi connectivity index (χ4v) is 2.61. The molecule has 0 fully saturated rings. The summed E-state index contributed by atoms with van der Waals surface area (Å²) in [5.41, 5.74) is 0. The van der Waals surface area contributed by atoms with Gasteiger partial charge in [-0.25, -0.2) is 0 Å². The molecule has 16 heavy (non-hydrogen) atoms. The van der Waals surface area contributed by atoms with Gasteiger partial charge in [0.25, 0.3) is 0 Å². The normalized spacial score (nSPS) is 11.6. The molecule has 0 rings (SSSR count). The van der Waals surface area contributed by atoms with E-state index in [9.17, 15) is 0 Å². The van der Waals surface area contributed by atoms with Crippen molar-refractivity contribution < 1.29 is 0 Å². The lowest BCUT2D eigenvalue weighted by Gasteiger charge is -2.13. The summed E-state index contributed by atoms with van der Waals surface area (Å²) in [4.78, 5) is 0. The minimum Gasteiger partial charge on any atom is -0.0651 e. The molecule has 0 aromatic rings. The summed E-state index contributed by atoms with van der Waals surface area (Å²) in [6.45, 7) is 9.34. The highest BCUT2D eigenvalue weighted by atomic mass is 14.1. The molecule has 0 aliphatic rings. The van der Waals surface area contributed by atoms with Gasteiger partial charge in [0.1, 0.15) is 0 Å². The molecule has 0 atom stereocenters. The van der Waals surface area contributed by atoms with Crippen LogP contribution in [0.4, 0.5) is 0 Å². The molecule has 0 aliphatic heterocycles. The van der Waals surface area contributed by atoms with Crippen LogP contribution in [-0.4, -0.2) is 0 Å². The first-order chi connectivity index (χ1) is 7.78. The van der Waals surface area contributed by atoms with E-state index in [-0.39, 0.29) is 0 Å². The van der Waals surface area contributed by atoms with Crippen molar-refractivity contribution >= 4 is 0 Å². The number of hydrogen-bond acceptors (Lipinski definition) is 0. The summed E-state index contributed by atoms with van der Waals surface area (Å²) >= 11 is 0. The number of unbranched alkanes of at least 4 members (excludes halogenated alkanes) is 3. The van der Waals surface area contributed by atoms with Gasteiger partial charge in [0.2, 0.25) is 0 Å². The Kier molecular flexibility index (Phi) is 11.5. The monoisotopic (exact) mass is 226 g/mol. The highest BCUT2D eigenvalue weighted by Crippen LogP contribution is 2.20. The van der Waals surface area contributed by atoms with E-state index >= 15 is 0 Å². The summed E-state index contributed by atoms with van der Waals surface area (Å²) in [5.74, 6) is 2.00. The molecule has 0 heteroatoms. The summed E-state index contributed by atoms with van der Waals surface area (Å²) in [5, 5.41) is 0. The maximum atomic E-state index is 2.33. The molecular formula is C16H34. The first-order valence-electron chi connectivity index (χ1n) is 7.78. The van der Waals surface area contributed by atoms with Crippen LogP contribution in [-0.2, 0) is 0 Å². The lowest BCUT2D eigenvalue weighted by Crippen LogP contribution is -1.98. The summed E-state index contributed by atoms with van der Waals surface area (Å²) in [7, 11) is 0. The Morgan fingerprint density at radius 1 is 0.500 bits per heavy atom. The Morgan fingerprint density at radius 3 is 1.06 bits per heavy atom. The van der Waals surface area contributed by atoms with Gasteiger partial charge in [-0.15, -0.1) is 0 Å². The molecule has 0 aliphatic carbocycles.